The normalized spacial score (nSPS) is 9.77. The molecule has 0 radical (unpaired) electrons. The number of nitrogens with one attached hydrogen (secondary N) is 2. The lowest BCUT2D eigenvalue weighted by Crippen LogP contribution is -2.23. The van der Waals surface area contributed by atoms with Crippen molar-refractivity contribution in [2.24, 2.45) is 0 Å². The van der Waals surface area contributed by atoms with E-state index in [2.05, 4.69) is 10.3 Å². The van der Waals surface area contributed by atoms with Crippen LogP contribution >= 0.6 is 0 Å². The van der Waals surface area contributed by atoms with Gasteiger partial charge in [-0.05, 0) is 17.2 Å². The molecule has 0 aliphatic carbocycles. The fraction of sp³-hybridized carbons (Fsp3) is 0.182. The second-order valence-corrected chi connectivity index (χ2v) is 5.56. The molecule has 0 bridgehead atoms. The van der Waals surface area contributed by atoms with Crippen LogP contribution in [0.4, 0.5) is 0 Å². The first-order chi connectivity index (χ1) is 12.7. The van der Waals surface area contributed by atoms with Crippen molar-refractivity contribution < 1.29 is 9.59 Å². The fourth-order valence-electron chi connectivity index (χ4n) is 2.44. The van der Waals surface area contributed by atoms with E-state index < -0.39 is 0 Å². The van der Waals surface area contributed by atoms with Crippen LogP contribution in [0.25, 0.3) is 0 Å². The number of carbonyl (C=O) groups excluding carboxylic acids is 2. The van der Waals surface area contributed by atoms with E-state index in [1.165, 1.54) is 0 Å². The summed E-state index contributed by atoms with van der Waals surface area (Å²) in [5.41, 5.74) is 2.89. The maximum absolute atomic E-state index is 12.3. The van der Waals surface area contributed by atoms with Crippen LogP contribution in [0.5, 0.6) is 0 Å². The quantitative estimate of drug-likeness (QED) is 0.649. The molecule has 2 N–H and O–H groups in total. The molecular formula is C22H24N2O2. The van der Waals surface area contributed by atoms with Crippen LogP contribution in [0, 0.1) is 0 Å². The first-order valence-corrected chi connectivity index (χ1v) is 8.80. The minimum atomic E-state index is -0.224. The number of H-pyrrole nitrogens is 1. The third-order valence-electron chi connectivity index (χ3n) is 3.75. The van der Waals surface area contributed by atoms with Crippen molar-refractivity contribution in [3.63, 3.8) is 0 Å². The molecule has 4 nitrogen and oxygen atoms in total. The van der Waals surface area contributed by atoms with E-state index in [9.17, 15) is 9.59 Å². The van der Waals surface area contributed by atoms with Crippen molar-refractivity contribution in [3.8, 4) is 0 Å². The van der Waals surface area contributed by atoms with E-state index in [4.69, 9.17) is 0 Å². The number of carbonyl (C=O) groups is 2. The van der Waals surface area contributed by atoms with Crippen LogP contribution in [0.15, 0.2) is 72.9 Å². The number of rotatable bonds is 6. The zero-order valence-corrected chi connectivity index (χ0v) is 15.2. The number of aromatic nitrogens is 1. The average molecular weight is 348 g/mol. The smallest absolute Gasteiger partial charge is 0.267 e. The van der Waals surface area contributed by atoms with Crippen molar-refractivity contribution >= 4 is 11.7 Å². The summed E-state index contributed by atoms with van der Waals surface area (Å²) < 4.78 is 0. The van der Waals surface area contributed by atoms with Gasteiger partial charge in [-0.1, -0.05) is 74.5 Å². The van der Waals surface area contributed by atoms with E-state index in [1.807, 2.05) is 74.5 Å². The van der Waals surface area contributed by atoms with E-state index in [1.54, 1.807) is 12.3 Å². The number of Topliss-reactive ketones (excluding diaryl/α,β-unsaturated/α-hetero) is 1. The van der Waals surface area contributed by atoms with Gasteiger partial charge >= 0.3 is 0 Å². The molecule has 0 saturated heterocycles. The van der Waals surface area contributed by atoms with Gasteiger partial charge in [0.25, 0.3) is 5.91 Å². The maximum atomic E-state index is 12.3. The van der Waals surface area contributed by atoms with Crippen molar-refractivity contribution in [1.29, 1.82) is 0 Å². The van der Waals surface area contributed by atoms with Crippen LogP contribution in [-0.2, 0) is 13.0 Å². The number of amides is 1. The summed E-state index contributed by atoms with van der Waals surface area (Å²) in [5.74, 6) is -0.239. The van der Waals surface area contributed by atoms with E-state index >= 15 is 0 Å². The summed E-state index contributed by atoms with van der Waals surface area (Å²) >= 11 is 0. The van der Waals surface area contributed by atoms with Crippen molar-refractivity contribution in [2.45, 2.75) is 26.8 Å². The van der Waals surface area contributed by atoms with Crippen LogP contribution < -0.4 is 5.32 Å². The third-order valence-corrected chi connectivity index (χ3v) is 3.75. The van der Waals surface area contributed by atoms with Gasteiger partial charge in [-0.2, -0.15) is 0 Å². The van der Waals surface area contributed by atoms with Crippen LogP contribution in [0.2, 0.25) is 0 Å². The predicted molar refractivity (Wildman–Crippen MR) is 104 cm³/mol. The average Bonchev–Trinajstić information content (AvgIpc) is 3.20. The lowest BCUT2D eigenvalue weighted by atomic mass is 10.1. The van der Waals surface area contributed by atoms with Gasteiger partial charge in [0.15, 0.2) is 5.78 Å². The lowest BCUT2D eigenvalue weighted by molar-refractivity contribution is 0.0946. The highest BCUT2D eigenvalue weighted by molar-refractivity contribution is 6.01. The third kappa shape index (κ3) is 5.45. The number of hydrogen-bond acceptors (Lipinski definition) is 2. The lowest BCUT2D eigenvalue weighted by Gasteiger charge is -2.03. The second kappa shape index (κ2) is 9.99. The van der Waals surface area contributed by atoms with E-state index in [-0.39, 0.29) is 11.7 Å². The summed E-state index contributed by atoms with van der Waals surface area (Å²) in [5, 5.41) is 2.84. The van der Waals surface area contributed by atoms with Gasteiger partial charge in [-0.3, -0.25) is 9.59 Å². The van der Waals surface area contributed by atoms with Gasteiger partial charge in [-0.15, -0.1) is 0 Å². The molecule has 0 unspecified atom stereocenters. The molecule has 0 aliphatic heterocycles. The van der Waals surface area contributed by atoms with Crippen LogP contribution in [-0.4, -0.2) is 16.7 Å². The monoisotopic (exact) mass is 348 g/mol. The van der Waals surface area contributed by atoms with Gasteiger partial charge in [0.1, 0.15) is 5.69 Å². The largest absolute Gasteiger partial charge is 0.356 e. The molecule has 1 aromatic heterocycles. The molecule has 3 rings (SSSR count). The topological polar surface area (TPSA) is 62.0 Å². The maximum Gasteiger partial charge on any atom is 0.267 e. The highest BCUT2D eigenvalue weighted by Crippen LogP contribution is 2.10. The molecule has 0 atom stereocenters. The summed E-state index contributed by atoms with van der Waals surface area (Å²) in [6.45, 7) is 4.45. The van der Waals surface area contributed by atoms with Gasteiger partial charge in [0, 0.05) is 24.7 Å². The van der Waals surface area contributed by atoms with Crippen molar-refractivity contribution in [2.75, 3.05) is 0 Å². The molecule has 2 aromatic carbocycles. The predicted octanol–water partition coefficient (Wildman–Crippen LogP) is 4.40. The van der Waals surface area contributed by atoms with Crippen LogP contribution in [0.1, 0.15) is 45.8 Å². The number of ketones is 1. The molecule has 26 heavy (non-hydrogen) atoms. The Hall–Kier alpha value is -3.14. The Balaban J connectivity index is 0.00000117. The molecule has 134 valence electrons. The van der Waals surface area contributed by atoms with Gasteiger partial charge in [0.2, 0.25) is 0 Å². The minimum absolute atomic E-state index is 0.0143. The van der Waals surface area contributed by atoms with Gasteiger partial charge < -0.3 is 10.3 Å². The zero-order chi connectivity index (χ0) is 18.8. The Morgan fingerprint density at radius 2 is 1.46 bits per heavy atom. The Morgan fingerprint density at radius 1 is 0.885 bits per heavy atom. The molecule has 1 amide bonds. The van der Waals surface area contributed by atoms with Crippen LogP contribution in [0.3, 0.4) is 0 Å². The first kappa shape index (κ1) is 19.2. The molecule has 0 aliphatic rings. The molecule has 0 saturated carbocycles. The SMILES string of the molecule is CC.O=C(Cc1ccccc1)c1c[nH]c(C(=O)NCc2ccccc2)c1. The minimum Gasteiger partial charge on any atom is -0.356 e. The molecular weight excluding hydrogens is 324 g/mol. The Labute approximate surface area is 154 Å². The summed E-state index contributed by atoms with van der Waals surface area (Å²) in [7, 11) is 0. The Kier molecular flexibility index (Phi) is 7.37. The second-order valence-electron chi connectivity index (χ2n) is 5.56. The highest BCUT2D eigenvalue weighted by Gasteiger charge is 2.13. The standard InChI is InChI=1S/C20H18N2O2.C2H6/c23-19(11-15-7-3-1-4-8-15)17-12-18(21-14-17)20(24)22-13-16-9-5-2-6-10-16;1-2/h1-10,12,14,21H,11,13H2,(H,22,24);1-2H3. The molecule has 0 spiro atoms. The number of benzene rings is 2. The zero-order valence-electron chi connectivity index (χ0n) is 15.2. The molecule has 4 heteroatoms. The molecule has 0 fully saturated rings. The van der Waals surface area contributed by atoms with Crippen molar-refractivity contribution in [1.82, 2.24) is 10.3 Å². The Bertz CT molecular complexity index is 824. The number of aromatic amines is 1. The Morgan fingerprint density at radius 3 is 2.08 bits per heavy atom. The van der Waals surface area contributed by atoms with Gasteiger partial charge in [0.05, 0.1) is 0 Å². The summed E-state index contributed by atoms with van der Waals surface area (Å²) in [6.07, 6.45) is 1.91. The first-order valence-electron chi connectivity index (χ1n) is 8.80. The van der Waals surface area contributed by atoms with Crippen molar-refractivity contribution in [3.05, 3.63) is 95.3 Å². The highest BCUT2D eigenvalue weighted by atomic mass is 16.2. The fourth-order valence-corrected chi connectivity index (χ4v) is 2.44. The van der Waals surface area contributed by atoms with Gasteiger partial charge in [-0.25, -0.2) is 0 Å². The summed E-state index contributed by atoms with van der Waals surface area (Å²) in [6, 6.07) is 20.8. The molecule has 1 heterocycles. The molecule has 3 aromatic rings. The number of hydrogen-bond donors (Lipinski definition) is 2. The summed E-state index contributed by atoms with van der Waals surface area (Å²) in [4.78, 5) is 27.3. The van der Waals surface area contributed by atoms with E-state index in [0.29, 0.717) is 24.2 Å². The van der Waals surface area contributed by atoms with E-state index in [0.717, 1.165) is 11.1 Å².